The Hall–Kier alpha value is -0.890. The predicted molar refractivity (Wildman–Crippen MR) is 81.2 cm³/mol. The van der Waals surface area contributed by atoms with Crippen LogP contribution < -0.4 is 5.32 Å². The van der Waals surface area contributed by atoms with Crippen LogP contribution in [-0.4, -0.2) is 13.1 Å². The molecule has 3 unspecified atom stereocenters. The van der Waals surface area contributed by atoms with Crippen molar-refractivity contribution in [2.45, 2.75) is 46.0 Å². The molecule has 1 aromatic rings. The first kappa shape index (κ1) is 14.1. The standard InChI is InChI=1S/C18H26FN/c1-13-10-17(2,3)12-18(13)8-9-20-11-16(18)14-4-6-15(19)7-5-14/h4-7,13,16,20H,8-12H2,1-3H3. The number of hydrogen-bond donors (Lipinski definition) is 1. The number of piperidine rings is 1. The van der Waals surface area contributed by atoms with Crippen molar-refractivity contribution in [2.75, 3.05) is 13.1 Å². The van der Waals surface area contributed by atoms with E-state index in [2.05, 4.69) is 26.1 Å². The highest BCUT2D eigenvalue weighted by Crippen LogP contribution is 2.61. The second-order valence-corrected chi connectivity index (χ2v) is 7.74. The molecule has 2 aliphatic rings. The fourth-order valence-corrected chi connectivity index (χ4v) is 5.06. The molecule has 1 N–H and O–H groups in total. The Balaban J connectivity index is 1.97. The molecule has 2 heteroatoms. The second kappa shape index (κ2) is 4.84. The fourth-order valence-electron chi connectivity index (χ4n) is 5.06. The maximum Gasteiger partial charge on any atom is 0.123 e. The molecule has 1 nitrogen and oxygen atoms in total. The van der Waals surface area contributed by atoms with Crippen LogP contribution in [0.15, 0.2) is 24.3 Å². The molecule has 1 aromatic carbocycles. The molecule has 2 fully saturated rings. The molecule has 1 saturated heterocycles. The monoisotopic (exact) mass is 275 g/mol. The smallest absolute Gasteiger partial charge is 0.123 e. The van der Waals surface area contributed by atoms with E-state index < -0.39 is 0 Å². The summed E-state index contributed by atoms with van der Waals surface area (Å²) >= 11 is 0. The van der Waals surface area contributed by atoms with Gasteiger partial charge in [0, 0.05) is 12.5 Å². The van der Waals surface area contributed by atoms with Crippen LogP contribution >= 0.6 is 0 Å². The van der Waals surface area contributed by atoms with E-state index in [1.165, 1.54) is 24.8 Å². The molecule has 1 aliphatic carbocycles. The van der Waals surface area contributed by atoms with Crippen molar-refractivity contribution in [1.29, 1.82) is 0 Å². The van der Waals surface area contributed by atoms with Gasteiger partial charge >= 0.3 is 0 Å². The predicted octanol–water partition coefficient (Wildman–Crippen LogP) is 4.35. The highest BCUT2D eigenvalue weighted by atomic mass is 19.1. The first-order valence-corrected chi connectivity index (χ1v) is 7.89. The topological polar surface area (TPSA) is 12.0 Å². The first-order valence-electron chi connectivity index (χ1n) is 7.89. The minimum absolute atomic E-state index is 0.133. The number of hydrogen-bond acceptors (Lipinski definition) is 1. The van der Waals surface area contributed by atoms with Gasteiger partial charge in [0.15, 0.2) is 0 Å². The SMILES string of the molecule is CC1CC(C)(C)CC12CCNCC2c1ccc(F)cc1. The molecule has 1 saturated carbocycles. The van der Waals surface area contributed by atoms with Gasteiger partial charge in [-0.2, -0.15) is 0 Å². The molecular formula is C18H26FN. The van der Waals surface area contributed by atoms with Crippen molar-refractivity contribution < 1.29 is 4.39 Å². The summed E-state index contributed by atoms with van der Waals surface area (Å²) in [6.07, 6.45) is 3.86. The van der Waals surface area contributed by atoms with Crippen LogP contribution in [0.3, 0.4) is 0 Å². The molecular weight excluding hydrogens is 249 g/mol. The summed E-state index contributed by atoms with van der Waals surface area (Å²) in [6, 6.07) is 7.21. The molecule has 110 valence electrons. The lowest BCUT2D eigenvalue weighted by Gasteiger charge is -2.46. The Morgan fingerprint density at radius 3 is 2.50 bits per heavy atom. The molecule has 1 aliphatic heterocycles. The lowest BCUT2D eigenvalue weighted by Crippen LogP contribution is -2.45. The summed E-state index contributed by atoms with van der Waals surface area (Å²) in [6.45, 7) is 9.39. The third-order valence-electron chi connectivity index (χ3n) is 5.73. The van der Waals surface area contributed by atoms with E-state index in [4.69, 9.17) is 0 Å². The van der Waals surface area contributed by atoms with Crippen LogP contribution in [0.2, 0.25) is 0 Å². The maximum absolute atomic E-state index is 13.2. The average molecular weight is 275 g/mol. The Kier molecular flexibility index (Phi) is 3.40. The number of benzene rings is 1. The summed E-state index contributed by atoms with van der Waals surface area (Å²) in [5, 5.41) is 3.55. The quantitative estimate of drug-likeness (QED) is 0.803. The molecule has 20 heavy (non-hydrogen) atoms. The molecule has 0 bridgehead atoms. The van der Waals surface area contributed by atoms with Gasteiger partial charge in [0.2, 0.25) is 0 Å². The van der Waals surface area contributed by atoms with Gasteiger partial charge in [-0.05, 0) is 60.3 Å². The average Bonchev–Trinajstić information content (AvgIpc) is 2.61. The van der Waals surface area contributed by atoms with E-state index in [9.17, 15) is 4.39 Å². The van der Waals surface area contributed by atoms with Crippen LogP contribution in [-0.2, 0) is 0 Å². The second-order valence-electron chi connectivity index (χ2n) is 7.74. The van der Waals surface area contributed by atoms with Gasteiger partial charge < -0.3 is 5.32 Å². The third kappa shape index (κ3) is 2.28. The van der Waals surface area contributed by atoms with Gasteiger partial charge in [-0.25, -0.2) is 4.39 Å². The molecule has 1 heterocycles. The summed E-state index contributed by atoms with van der Waals surface area (Å²) in [7, 11) is 0. The van der Waals surface area contributed by atoms with Gasteiger partial charge in [0.25, 0.3) is 0 Å². The van der Waals surface area contributed by atoms with E-state index in [-0.39, 0.29) is 5.82 Å². The zero-order valence-electron chi connectivity index (χ0n) is 12.9. The summed E-state index contributed by atoms with van der Waals surface area (Å²) < 4.78 is 13.2. The van der Waals surface area contributed by atoms with Crippen LogP contribution in [0.5, 0.6) is 0 Å². The Morgan fingerprint density at radius 1 is 1.20 bits per heavy atom. The Labute approximate surface area is 122 Å². The minimum atomic E-state index is -0.133. The lowest BCUT2D eigenvalue weighted by molar-refractivity contribution is 0.108. The fraction of sp³-hybridized carbons (Fsp3) is 0.667. The highest BCUT2D eigenvalue weighted by Gasteiger charge is 2.53. The Bertz CT molecular complexity index is 479. The van der Waals surface area contributed by atoms with Crippen LogP contribution in [0.25, 0.3) is 0 Å². The van der Waals surface area contributed by atoms with Crippen molar-refractivity contribution >= 4 is 0 Å². The molecule has 0 radical (unpaired) electrons. The van der Waals surface area contributed by atoms with Crippen molar-refractivity contribution in [3.63, 3.8) is 0 Å². The van der Waals surface area contributed by atoms with E-state index in [1.807, 2.05) is 12.1 Å². The molecule has 0 aromatic heterocycles. The van der Waals surface area contributed by atoms with E-state index in [0.29, 0.717) is 16.7 Å². The van der Waals surface area contributed by atoms with Gasteiger partial charge in [-0.15, -0.1) is 0 Å². The first-order chi connectivity index (χ1) is 9.43. The number of nitrogens with one attached hydrogen (secondary N) is 1. The summed E-state index contributed by atoms with van der Waals surface area (Å²) in [5.74, 6) is 1.13. The van der Waals surface area contributed by atoms with E-state index in [1.54, 1.807) is 12.1 Å². The molecule has 1 spiro atoms. The van der Waals surface area contributed by atoms with Gasteiger partial charge in [0.05, 0.1) is 0 Å². The van der Waals surface area contributed by atoms with Crippen LogP contribution in [0.1, 0.15) is 51.5 Å². The van der Waals surface area contributed by atoms with Gasteiger partial charge in [0.1, 0.15) is 5.82 Å². The number of rotatable bonds is 1. The van der Waals surface area contributed by atoms with Crippen LogP contribution in [0.4, 0.5) is 4.39 Å². The zero-order valence-corrected chi connectivity index (χ0v) is 12.9. The number of halogens is 1. The van der Waals surface area contributed by atoms with Gasteiger partial charge in [-0.1, -0.05) is 32.9 Å². The highest BCUT2D eigenvalue weighted by molar-refractivity contribution is 5.26. The molecule has 0 amide bonds. The maximum atomic E-state index is 13.2. The largest absolute Gasteiger partial charge is 0.316 e. The summed E-state index contributed by atoms with van der Waals surface area (Å²) in [4.78, 5) is 0. The summed E-state index contributed by atoms with van der Waals surface area (Å²) in [5.41, 5.74) is 2.14. The normalized spacial score (nSPS) is 36.4. The van der Waals surface area contributed by atoms with E-state index in [0.717, 1.165) is 19.0 Å². The lowest BCUT2D eigenvalue weighted by atomic mass is 9.62. The van der Waals surface area contributed by atoms with Crippen molar-refractivity contribution in [2.24, 2.45) is 16.7 Å². The zero-order chi connectivity index (χ0) is 14.4. The van der Waals surface area contributed by atoms with Gasteiger partial charge in [-0.3, -0.25) is 0 Å². The Morgan fingerprint density at radius 2 is 1.90 bits per heavy atom. The van der Waals surface area contributed by atoms with Crippen LogP contribution in [0, 0.1) is 22.6 Å². The van der Waals surface area contributed by atoms with Crippen molar-refractivity contribution in [3.8, 4) is 0 Å². The van der Waals surface area contributed by atoms with E-state index >= 15 is 0 Å². The minimum Gasteiger partial charge on any atom is -0.316 e. The molecule has 3 atom stereocenters. The third-order valence-corrected chi connectivity index (χ3v) is 5.73. The van der Waals surface area contributed by atoms with Crippen molar-refractivity contribution in [1.82, 2.24) is 5.32 Å². The van der Waals surface area contributed by atoms with Crippen molar-refractivity contribution in [3.05, 3.63) is 35.6 Å². The molecule has 3 rings (SSSR count).